The maximum absolute atomic E-state index is 11.7. The van der Waals surface area contributed by atoms with E-state index in [2.05, 4.69) is 21.0 Å². The molecule has 35 heavy (non-hydrogen) atoms. The molecule has 1 aliphatic rings. The van der Waals surface area contributed by atoms with Gasteiger partial charge in [-0.1, -0.05) is 0 Å². The Morgan fingerprint density at radius 3 is 1.89 bits per heavy atom. The van der Waals surface area contributed by atoms with E-state index in [1.807, 2.05) is 0 Å². The number of H-pyrrole nitrogens is 1. The molecule has 2 heterocycles. The number of anilines is 1. The van der Waals surface area contributed by atoms with Crippen LogP contribution in [0.3, 0.4) is 0 Å². The summed E-state index contributed by atoms with van der Waals surface area (Å²) in [5.41, 5.74) is 4.94. The molecule has 3 atom stereocenters. The van der Waals surface area contributed by atoms with Gasteiger partial charge in [0.2, 0.25) is 5.95 Å². The first-order valence-electron chi connectivity index (χ1n) is 8.61. The molecule has 3 rings (SSSR count). The topological polar surface area (TPSA) is 367 Å². The fraction of sp³-hybridized carbons (Fsp3) is 0.500. The number of aliphatic hydroxyl groups is 1. The van der Waals surface area contributed by atoms with Gasteiger partial charge in [-0.2, -0.15) is 10.2 Å². The monoisotopic (exact) mass is 568 g/mol. The molecule has 2 aromatic rings. The Morgan fingerprint density at radius 2 is 1.51 bits per heavy atom. The van der Waals surface area contributed by atoms with Gasteiger partial charge in [0.15, 0.2) is 11.2 Å². The lowest BCUT2D eigenvalue weighted by atomic mass is 9.88. The molecule has 0 aliphatic heterocycles. The number of nitrogens with zero attached hydrogens (tertiary/aromatic N) is 4. The Bertz CT molecular complexity index is 1170. The van der Waals surface area contributed by atoms with Crippen LogP contribution in [0.15, 0.2) is 11.1 Å². The molecule has 1 saturated carbocycles. The van der Waals surface area contributed by atoms with Crippen LogP contribution in [0.1, 0.15) is 25.8 Å². The number of aromatic amines is 1. The Morgan fingerprint density at radius 1 is 1.09 bits per heavy atom. The molecule has 0 bridgehead atoms. The van der Waals surface area contributed by atoms with Crippen molar-refractivity contribution in [3.05, 3.63) is 16.7 Å². The molecule has 0 aromatic carbocycles. The SMILES string of the molecule is C[C@]1(C#N)C[C@H](n2cnc3c(=O)[nH]c(N)nc32)C[C@H]1O.O=P(O)(O)O.O=P(O)(O)O.O=P(O)(O)O. The zero-order valence-electron chi connectivity index (χ0n) is 17.5. The van der Waals surface area contributed by atoms with E-state index in [0.717, 1.165) is 0 Å². The Hall–Kier alpha value is -2.07. The highest BCUT2D eigenvalue weighted by Crippen LogP contribution is 2.44. The second-order valence-corrected chi connectivity index (χ2v) is 10.0. The maximum atomic E-state index is 11.7. The average Bonchev–Trinajstić information content (AvgIpc) is 3.12. The van der Waals surface area contributed by atoms with Crippen LogP contribution < -0.4 is 11.3 Å². The number of fused-ring (bicyclic) bond motifs is 1. The zero-order chi connectivity index (χ0) is 28.0. The highest BCUT2D eigenvalue weighted by atomic mass is 31.2. The number of nitrogens with two attached hydrogens (primary N) is 1. The van der Waals surface area contributed by atoms with E-state index < -0.39 is 40.5 Å². The quantitative estimate of drug-likeness (QED) is 0.154. The molecule has 0 saturated heterocycles. The lowest BCUT2D eigenvalue weighted by Gasteiger charge is -2.17. The second-order valence-electron chi connectivity index (χ2n) is 6.95. The number of aliphatic hydroxyl groups excluding tert-OH is 1. The molecule has 1 fully saturated rings. The molecular formula is C12H23N6O14P3. The fourth-order valence-electron chi connectivity index (χ4n) is 2.77. The summed E-state index contributed by atoms with van der Waals surface area (Å²) in [7, 11) is -13.9. The average molecular weight is 568 g/mol. The van der Waals surface area contributed by atoms with Crippen LogP contribution in [0, 0.1) is 16.7 Å². The number of hydrogen-bond donors (Lipinski definition) is 12. The summed E-state index contributed by atoms with van der Waals surface area (Å²) in [6, 6.07) is 2.02. The predicted molar refractivity (Wildman–Crippen MR) is 113 cm³/mol. The van der Waals surface area contributed by atoms with E-state index in [-0.39, 0.29) is 17.5 Å². The number of phosphoric acid groups is 3. The number of nitrogen functional groups attached to an aromatic ring is 1. The smallest absolute Gasteiger partial charge is 0.391 e. The summed E-state index contributed by atoms with van der Waals surface area (Å²) < 4.78 is 28.4. The summed E-state index contributed by atoms with van der Waals surface area (Å²) in [6.07, 6.45) is 1.69. The van der Waals surface area contributed by atoms with Gasteiger partial charge in [0.25, 0.3) is 5.56 Å². The molecule has 23 heteroatoms. The van der Waals surface area contributed by atoms with Crippen LogP contribution in [-0.4, -0.2) is 74.8 Å². The third kappa shape index (κ3) is 14.2. The van der Waals surface area contributed by atoms with Gasteiger partial charge in [-0.05, 0) is 19.8 Å². The van der Waals surface area contributed by atoms with Crippen LogP contribution in [0.5, 0.6) is 0 Å². The van der Waals surface area contributed by atoms with Crippen molar-refractivity contribution in [1.29, 1.82) is 5.26 Å². The van der Waals surface area contributed by atoms with Gasteiger partial charge in [0.1, 0.15) is 0 Å². The van der Waals surface area contributed by atoms with Crippen LogP contribution in [0.25, 0.3) is 11.2 Å². The summed E-state index contributed by atoms with van der Waals surface area (Å²) in [5, 5.41) is 19.2. The van der Waals surface area contributed by atoms with Gasteiger partial charge in [0, 0.05) is 6.04 Å². The lowest BCUT2D eigenvalue weighted by molar-refractivity contribution is 0.103. The molecule has 1 aliphatic carbocycles. The van der Waals surface area contributed by atoms with Gasteiger partial charge in [-0.3, -0.25) is 9.78 Å². The molecular weight excluding hydrogens is 545 g/mol. The van der Waals surface area contributed by atoms with Crippen molar-refractivity contribution in [1.82, 2.24) is 19.5 Å². The van der Waals surface area contributed by atoms with Crippen molar-refractivity contribution >= 4 is 40.6 Å². The van der Waals surface area contributed by atoms with Gasteiger partial charge < -0.3 is 59.4 Å². The highest BCUT2D eigenvalue weighted by Gasteiger charge is 2.44. The summed E-state index contributed by atoms with van der Waals surface area (Å²) in [6.45, 7) is 1.73. The normalized spacial score (nSPS) is 22.0. The van der Waals surface area contributed by atoms with E-state index in [1.165, 1.54) is 6.33 Å². The van der Waals surface area contributed by atoms with Crippen LogP contribution in [0.4, 0.5) is 5.95 Å². The van der Waals surface area contributed by atoms with Crippen molar-refractivity contribution in [3.8, 4) is 6.07 Å². The van der Waals surface area contributed by atoms with Gasteiger partial charge in [-0.15, -0.1) is 0 Å². The van der Waals surface area contributed by atoms with E-state index in [4.69, 9.17) is 63.5 Å². The number of rotatable bonds is 1. The number of nitrogens with one attached hydrogen (secondary N) is 1. The zero-order valence-corrected chi connectivity index (χ0v) is 20.1. The first-order valence-corrected chi connectivity index (χ1v) is 13.3. The van der Waals surface area contributed by atoms with Gasteiger partial charge >= 0.3 is 23.5 Å². The number of nitriles is 1. The van der Waals surface area contributed by atoms with Crippen LogP contribution in [0.2, 0.25) is 0 Å². The minimum Gasteiger partial charge on any atom is -0.391 e. The third-order valence-electron chi connectivity index (χ3n) is 3.99. The summed E-state index contributed by atoms with van der Waals surface area (Å²) >= 11 is 0. The number of hydrogen-bond acceptors (Lipinski definition) is 9. The standard InChI is InChI=1S/C12H14N6O2.3H3O4P/c1-12(4-13)3-6(2-7(12)19)18-5-15-8-9(18)16-11(14)17-10(8)20;3*1-5(2,3)4/h5-7,19H,2-3H2,1H3,(H3,14,16,17,20);3*(H3,1,2,3,4)/t6-,7-,12-;;;/m1.../s1. The molecule has 0 unspecified atom stereocenters. The van der Waals surface area contributed by atoms with E-state index in [9.17, 15) is 15.2 Å². The molecule has 20 nitrogen and oxygen atoms in total. The maximum Gasteiger partial charge on any atom is 0.466 e. The second kappa shape index (κ2) is 12.3. The fourth-order valence-corrected chi connectivity index (χ4v) is 2.77. The minimum absolute atomic E-state index is 0.0193. The molecule has 200 valence electrons. The van der Waals surface area contributed by atoms with Gasteiger partial charge in [-0.25, -0.2) is 18.7 Å². The molecule has 2 aromatic heterocycles. The number of aromatic nitrogens is 4. The molecule has 0 amide bonds. The lowest BCUT2D eigenvalue weighted by Crippen LogP contribution is -2.23. The van der Waals surface area contributed by atoms with Crippen molar-refractivity contribution in [3.63, 3.8) is 0 Å². The Kier molecular flexibility index (Phi) is 11.5. The van der Waals surface area contributed by atoms with E-state index in [1.54, 1.807) is 11.5 Å². The van der Waals surface area contributed by atoms with E-state index >= 15 is 0 Å². The first-order chi connectivity index (χ1) is 15.4. The minimum atomic E-state index is -4.64. The predicted octanol–water partition coefficient (Wildman–Crippen LogP) is -2.86. The Balaban J connectivity index is 0.000000635. The van der Waals surface area contributed by atoms with Crippen LogP contribution >= 0.6 is 23.5 Å². The van der Waals surface area contributed by atoms with Crippen molar-refractivity contribution in [2.24, 2.45) is 5.41 Å². The largest absolute Gasteiger partial charge is 0.466 e. The molecule has 0 radical (unpaired) electrons. The number of imidazole rings is 1. The Labute approximate surface area is 194 Å². The van der Waals surface area contributed by atoms with Crippen molar-refractivity contribution in [2.75, 3.05) is 5.73 Å². The first kappa shape index (κ1) is 32.9. The van der Waals surface area contributed by atoms with Gasteiger partial charge in [0.05, 0.1) is 23.9 Å². The summed E-state index contributed by atoms with van der Waals surface area (Å²) in [4.78, 5) is 86.9. The van der Waals surface area contributed by atoms with Crippen molar-refractivity contribution < 1.29 is 62.8 Å². The van der Waals surface area contributed by atoms with Crippen LogP contribution in [-0.2, 0) is 13.7 Å². The molecule has 0 spiro atoms. The van der Waals surface area contributed by atoms with E-state index in [0.29, 0.717) is 18.5 Å². The summed E-state index contributed by atoms with van der Waals surface area (Å²) in [5.74, 6) is 0.0193. The third-order valence-corrected chi connectivity index (χ3v) is 3.99. The highest BCUT2D eigenvalue weighted by molar-refractivity contribution is 7.45. The molecule has 13 N–H and O–H groups in total. The van der Waals surface area contributed by atoms with Crippen molar-refractivity contribution in [2.45, 2.75) is 31.9 Å².